The molecule has 112 valence electrons. The molecular formula is C16H15N3O3. The molecule has 0 saturated carbocycles. The monoisotopic (exact) mass is 297 g/mol. The Bertz CT molecular complexity index is 720. The summed E-state index contributed by atoms with van der Waals surface area (Å²) in [6, 6.07) is 13.4. The van der Waals surface area contributed by atoms with Gasteiger partial charge in [0.15, 0.2) is 11.6 Å². The summed E-state index contributed by atoms with van der Waals surface area (Å²) in [7, 11) is 0. The van der Waals surface area contributed by atoms with Crippen LogP contribution >= 0.6 is 0 Å². The molecule has 1 N–H and O–H groups in total. The molecule has 2 heterocycles. The number of aromatic nitrogens is 2. The Hall–Kier alpha value is -2.89. The summed E-state index contributed by atoms with van der Waals surface area (Å²) in [6.07, 6.45) is 2.66. The van der Waals surface area contributed by atoms with Crippen molar-refractivity contribution in [3.63, 3.8) is 0 Å². The highest BCUT2D eigenvalue weighted by molar-refractivity contribution is 5.76. The SMILES string of the molecule is O=C(CCc1ccccc1)NCc1noc(-c2ccco2)n1. The van der Waals surface area contributed by atoms with Gasteiger partial charge in [0, 0.05) is 6.42 Å². The molecule has 22 heavy (non-hydrogen) atoms. The Balaban J connectivity index is 1.47. The Morgan fingerprint density at radius 3 is 2.77 bits per heavy atom. The van der Waals surface area contributed by atoms with Gasteiger partial charge in [0.05, 0.1) is 12.8 Å². The predicted molar refractivity (Wildman–Crippen MR) is 78.6 cm³/mol. The van der Waals surface area contributed by atoms with Gasteiger partial charge in [-0.2, -0.15) is 4.98 Å². The van der Waals surface area contributed by atoms with E-state index in [0.29, 0.717) is 30.3 Å². The van der Waals surface area contributed by atoms with Crippen LogP contribution in [0, 0.1) is 0 Å². The van der Waals surface area contributed by atoms with Gasteiger partial charge in [0.2, 0.25) is 5.91 Å². The minimum absolute atomic E-state index is 0.0480. The summed E-state index contributed by atoms with van der Waals surface area (Å²) in [5.41, 5.74) is 1.14. The van der Waals surface area contributed by atoms with Crippen LogP contribution in [0.4, 0.5) is 0 Å². The minimum Gasteiger partial charge on any atom is -0.459 e. The van der Waals surface area contributed by atoms with Crippen molar-refractivity contribution in [2.45, 2.75) is 19.4 Å². The van der Waals surface area contributed by atoms with Crippen molar-refractivity contribution in [1.29, 1.82) is 0 Å². The van der Waals surface area contributed by atoms with Gasteiger partial charge in [0.1, 0.15) is 0 Å². The van der Waals surface area contributed by atoms with E-state index in [1.54, 1.807) is 12.1 Å². The number of carbonyl (C=O) groups is 1. The van der Waals surface area contributed by atoms with Crippen molar-refractivity contribution in [2.75, 3.05) is 0 Å². The summed E-state index contributed by atoms with van der Waals surface area (Å²) < 4.78 is 10.2. The molecule has 0 bridgehead atoms. The van der Waals surface area contributed by atoms with Crippen molar-refractivity contribution in [3.05, 3.63) is 60.1 Å². The van der Waals surface area contributed by atoms with Gasteiger partial charge >= 0.3 is 0 Å². The van der Waals surface area contributed by atoms with E-state index in [0.717, 1.165) is 5.56 Å². The van der Waals surface area contributed by atoms with Gasteiger partial charge in [0.25, 0.3) is 5.89 Å². The Morgan fingerprint density at radius 2 is 2.00 bits per heavy atom. The standard InChI is InChI=1S/C16H15N3O3/c20-15(9-8-12-5-2-1-3-6-12)17-11-14-18-16(22-19-14)13-7-4-10-21-13/h1-7,10H,8-9,11H2,(H,17,20). The van der Waals surface area contributed by atoms with E-state index < -0.39 is 0 Å². The molecule has 0 spiro atoms. The number of aryl methyl sites for hydroxylation is 1. The average Bonchev–Trinajstić information content (AvgIpc) is 3.22. The van der Waals surface area contributed by atoms with Crippen LogP contribution in [0.5, 0.6) is 0 Å². The molecule has 6 heteroatoms. The van der Waals surface area contributed by atoms with Crippen LogP contribution in [-0.2, 0) is 17.8 Å². The quantitative estimate of drug-likeness (QED) is 0.756. The molecule has 0 aliphatic rings. The van der Waals surface area contributed by atoms with Crippen molar-refractivity contribution < 1.29 is 13.7 Å². The lowest BCUT2D eigenvalue weighted by molar-refractivity contribution is -0.121. The first kappa shape index (κ1) is 14.1. The number of hydrogen-bond acceptors (Lipinski definition) is 5. The molecule has 0 aliphatic carbocycles. The Labute approximate surface area is 127 Å². The van der Waals surface area contributed by atoms with E-state index in [4.69, 9.17) is 8.94 Å². The molecule has 0 atom stereocenters. The molecule has 0 radical (unpaired) electrons. The molecule has 1 amide bonds. The third-order valence-electron chi connectivity index (χ3n) is 3.13. The second-order valence-corrected chi connectivity index (χ2v) is 4.76. The maximum atomic E-state index is 11.8. The van der Waals surface area contributed by atoms with Crippen molar-refractivity contribution in [3.8, 4) is 11.7 Å². The van der Waals surface area contributed by atoms with Crippen LogP contribution in [0.1, 0.15) is 17.8 Å². The first-order valence-corrected chi connectivity index (χ1v) is 6.98. The largest absolute Gasteiger partial charge is 0.459 e. The molecule has 2 aromatic heterocycles. The summed E-state index contributed by atoms with van der Waals surface area (Å²) in [6.45, 7) is 0.234. The normalized spacial score (nSPS) is 10.5. The molecule has 1 aromatic carbocycles. The van der Waals surface area contributed by atoms with Crippen LogP contribution in [0.15, 0.2) is 57.7 Å². The van der Waals surface area contributed by atoms with Crippen LogP contribution in [-0.4, -0.2) is 16.0 Å². The zero-order chi connectivity index (χ0) is 15.2. The molecule has 3 aromatic rings. The third-order valence-corrected chi connectivity index (χ3v) is 3.13. The van der Waals surface area contributed by atoms with E-state index in [2.05, 4.69) is 15.5 Å². The van der Waals surface area contributed by atoms with Crippen molar-refractivity contribution in [2.24, 2.45) is 0 Å². The lowest BCUT2D eigenvalue weighted by Crippen LogP contribution is -2.23. The summed E-state index contributed by atoms with van der Waals surface area (Å²) in [4.78, 5) is 16.0. The highest BCUT2D eigenvalue weighted by atomic mass is 16.5. The van der Waals surface area contributed by atoms with Gasteiger partial charge in [-0.1, -0.05) is 35.5 Å². The number of amides is 1. The second-order valence-electron chi connectivity index (χ2n) is 4.76. The fourth-order valence-electron chi connectivity index (χ4n) is 1.99. The van der Waals surface area contributed by atoms with E-state index in [9.17, 15) is 4.79 Å². The Kier molecular flexibility index (Phi) is 4.29. The minimum atomic E-state index is -0.0480. The predicted octanol–water partition coefficient (Wildman–Crippen LogP) is 2.58. The number of carbonyl (C=O) groups excluding carboxylic acids is 1. The van der Waals surface area contributed by atoms with E-state index in [1.807, 2.05) is 30.3 Å². The van der Waals surface area contributed by atoms with Gasteiger partial charge < -0.3 is 14.3 Å². The smallest absolute Gasteiger partial charge is 0.293 e. The molecule has 0 saturated heterocycles. The molecule has 3 rings (SSSR count). The Morgan fingerprint density at radius 1 is 1.14 bits per heavy atom. The number of furan rings is 1. The number of rotatable bonds is 6. The van der Waals surface area contributed by atoms with Gasteiger partial charge in [-0.15, -0.1) is 0 Å². The lowest BCUT2D eigenvalue weighted by Gasteiger charge is -2.02. The summed E-state index contributed by atoms with van der Waals surface area (Å²) in [5.74, 6) is 1.18. The van der Waals surface area contributed by atoms with Crippen LogP contribution < -0.4 is 5.32 Å². The number of nitrogens with zero attached hydrogens (tertiary/aromatic N) is 2. The van der Waals surface area contributed by atoms with Crippen LogP contribution in [0.3, 0.4) is 0 Å². The van der Waals surface area contributed by atoms with Crippen LogP contribution in [0.2, 0.25) is 0 Å². The lowest BCUT2D eigenvalue weighted by atomic mass is 10.1. The number of nitrogens with one attached hydrogen (secondary N) is 1. The van der Waals surface area contributed by atoms with Gasteiger partial charge in [-0.3, -0.25) is 4.79 Å². The molecule has 0 fully saturated rings. The zero-order valence-electron chi connectivity index (χ0n) is 11.9. The fourth-order valence-corrected chi connectivity index (χ4v) is 1.99. The first-order chi connectivity index (χ1) is 10.8. The molecule has 0 aliphatic heterocycles. The van der Waals surface area contributed by atoms with Gasteiger partial charge in [-0.25, -0.2) is 0 Å². The number of hydrogen-bond donors (Lipinski definition) is 1. The number of benzene rings is 1. The second kappa shape index (κ2) is 6.71. The van der Waals surface area contributed by atoms with E-state index in [-0.39, 0.29) is 12.5 Å². The molecule has 6 nitrogen and oxygen atoms in total. The van der Waals surface area contributed by atoms with Crippen molar-refractivity contribution >= 4 is 5.91 Å². The van der Waals surface area contributed by atoms with Crippen LogP contribution in [0.25, 0.3) is 11.7 Å². The average molecular weight is 297 g/mol. The van der Waals surface area contributed by atoms with Gasteiger partial charge in [-0.05, 0) is 24.1 Å². The molecular weight excluding hydrogens is 282 g/mol. The highest BCUT2D eigenvalue weighted by Crippen LogP contribution is 2.16. The topological polar surface area (TPSA) is 81.2 Å². The van der Waals surface area contributed by atoms with E-state index >= 15 is 0 Å². The zero-order valence-corrected chi connectivity index (χ0v) is 11.9. The highest BCUT2D eigenvalue weighted by Gasteiger charge is 2.11. The third kappa shape index (κ3) is 3.60. The first-order valence-electron chi connectivity index (χ1n) is 6.98. The maximum Gasteiger partial charge on any atom is 0.293 e. The fraction of sp³-hybridized carbons (Fsp3) is 0.188. The van der Waals surface area contributed by atoms with Crippen molar-refractivity contribution in [1.82, 2.24) is 15.5 Å². The maximum absolute atomic E-state index is 11.8. The molecule has 0 unspecified atom stereocenters. The summed E-state index contributed by atoms with van der Waals surface area (Å²) in [5, 5.41) is 6.57. The summed E-state index contributed by atoms with van der Waals surface area (Å²) >= 11 is 0. The van der Waals surface area contributed by atoms with E-state index in [1.165, 1.54) is 6.26 Å².